The van der Waals surface area contributed by atoms with E-state index in [4.69, 9.17) is 33.4 Å². The molecule has 2 rings (SSSR count). The van der Waals surface area contributed by atoms with Crippen molar-refractivity contribution in [1.29, 1.82) is 0 Å². The quantitative estimate of drug-likeness (QED) is 0.861. The van der Waals surface area contributed by atoms with Crippen LogP contribution in [0.1, 0.15) is 5.56 Å². The van der Waals surface area contributed by atoms with Crippen LogP contribution in [-0.2, 0) is 4.79 Å². The highest BCUT2D eigenvalue weighted by Gasteiger charge is 2.09. The maximum Gasteiger partial charge on any atom is 0.241 e. The highest BCUT2D eigenvalue weighted by Crippen LogP contribution is 2.26. The maximum absolute atomic E-state index is 12.1. The van der Waals surface area contributed by atoms with Crippen molar-refractivity contribution < 1.29 is 9.21 Å². The molecular weight excluding hydrogens is 277 g/mol. The minimum Gasteiger partial charge on any atom is -0.462 e. The second kappa shape index (κ2) is 4.84. The number of carbonyl (C=O) groups is 1. The predicted molar refractivity (Wildman–Crippen MR) is 70.7 cm³/mol. The lowest BCUT2D eigenvalue weighted by Gasteiger charge is -2.01. The van der Waals surface area contributed by atoms with E-state index in [2.05, 4.69) is 0 Å². The molecular formula is C12H7Cl2NO3. The molecule has 4 nitrogen and oxygen atoms in total. The van der Waals surface area contributed by atoms with Crippen LogP contribution in [0.25, 0.3) is 17.0 Å². The molecule has 2 N–H and O–H groups in total. The summed E-state index contributed by atoms with van der Waals surface area (Å²) in [7, 11) is 0. The summed E-state index contributed by atoms with van der Waals surface area (Å²) in [6, 6.07) is 2.93. The number of carbonyl (C=O) groups excluding carboxylic acids is 1. The molecule has 92 valence electrons. The van der Waals surface area contributed by atoms with Crippen molar-refractivity contribution in [3.63, 3.8) is 0 Å². The molecule has 0 saturated heterocycles. The lowest BCUT2D eigenvalue weighted by Crippen LogP contribution is -2.08. The van der Waals surface area contributed by atoms with E-state index in [-0.39, 0.29) is 27.0 Å². The van der Waals surface area contributed by atoms with Crippen LogP contribution in [0.5, 0.6) is 0 Å². The minimum atomic E-state index is -0.654. The number of halogens is 2. The molecule has 0 fully saturated rings. The lowest BCUT2D eigenvalue weighted by molar-refractivity contribution is -0.113. The van der Waals surface area contributed by atoms with Gasteiger partial charge in [0.1, 0.15) is 6.26 Å². The van der Waals surface area contributed by atoms with Crippen LogP contribution < -0.4 is 11.2 Å². The number of nitrogens with two attached hydrogens (primary N) is 1. The van der Waals surface area contributed by atoms with Crippen molar-refractivity contribution in [2.45, 2.75) is 0 Å². The van der Waals surface area contributed by atoms with Crippen molar-refractivity contribution in [1.82, 2.24) is 0 Å². The van der Waals surface area contributed by atoms with E-state index in [1.54, 1.807) is 0 Å². The average molecular weight is 284 g/mol. The van der Waals surface area contributed by atoms with Gasteiger partial charge >= 0.3 is 0 Å². The number of fused-ring (bicyclic) bond motifs is 1. The molecule has 1 aromatic heterocycles. The molecule has 0 unspecified atom stereocenters. The SMILES string of the molecule is NC(=O)/C=C\c1coc2c(Cl)cc(Cl)cc2c1=O. The van der Waals surface area contributed by atoms with Crippen LogP contribution in [0.3, 0.4) is 0 Å². The van der Waals surface area contributed by atoms with Crippen molar-refractivity contribution in [3.05, 3.63) is 50.3 Å². The predicted octanol–water partition coefficient (Wildman–Crippen LogP) is 2.60. The normalized spacial score (nSPS) is 11.2. The number of rotatable bonds is 2. The maximum atomic E-state index is 12.1. The van der Waals surface area contributed by atoms with Gasteiger partial charge in [0, 0.05) is 11.1 Å². The Kier molecular flexibility index (Phi) is 3.41. The highest BCUT2D eigenvalue weighted by molar-refractivity contribution is 6.38. The third-order valence-electron chi connectivity index (χ3n) is 2.25. The topological polar surface area (TPSA) is 73.3 Å². The zero-order chi connectivity index (χ0) is 13.3. The summed E-state index contributed by atoms with van der Waals surface area (Å²) in [5.74, 6) is -0.654. The first-order chi connectivity index (χ1) is 8.49. The number of primary amides is 1. The summed E-state index contributed by atoms with van der Waals surface area (Å²) >= 11 is 11.7. The molecule has 0 aliphatic carbocycles. The molecule has 1 aromatic carbocycles. The van der Waals surface area contributed by atoms with E-state index in [0.29, 0.717) is 5.02 Å². The number of hydrogen-bond donors (Lipinski definition) is 1. The summed E-state index contributed by atoms with van der Waals surface area (Å²) in [5.41, 5.74) is 5.06. The molecule has 6 heteroatoms. The Morgan fingerprint density at radius 2 is 2.06 bits per heavy atom. The third-order valence-corrected chi connectivity index (χ3v) is 2.75. The summed E-state index contributed by atoms with van der Waals surface area (Å²) in [6.45, 7) is 0. The molecule has 0 atom stereocenters. The Morgan fingerprint density at radius 1 is 1.33 bits per heavy atom. The van der Waals surface area contributed by atoms with Gasteiger partial charge in [0.15, 0.2) is 11.0 Å². The summed E-state index contributed by atoms with van der Waals surface area (Å²) in [6.07, 6.45) is 3.57. The Bertz CT molecular complexity index is 719. The molecule has 0 bridgehead atoms. The van der Waals surface area contributed by atoms with Crippen LogP contribution in [-0.4, -0.2) is 5.91 Å². The van der Waals surface area contributed by atoms with Crippen molar-refractivity contribution in [2.24, 2.45) is 5.73 Å². The number of hydrogen-bond acceptors (Lipinski definition) is 3. The standard InChI is InChI=1S/C12H7Cl2NO3/c13-7-3-8-11(17)6(1-2-10(15)16)5-18-12(8)9(14)4-7/h1-5H,(H2,15,16)/b2-1-. The van der Waals surface area contributed by atoms with Crippen molar-refractivity contribution in [2.75, 3.05) is 0 Å². The van der Waals surface area contributed by atoms with E-state index in [1.807, 2.05) is 0 Å². The first-order valence-electron chi connectivity index (χ1n) is 4.87. The van der Waals surface area contributed by atoms with Gasteiger partial charge in [0.05, 0.1) is 16.0 Å². The fraction of sp³-hybridized carbons (Fsp3) is 0. The van der Waals surface area contributed by atoms with Crippen LogP contribution in [0.2, 0.25) is 10.0 Å². The van der Waals surface area contributed by atoms with Crippen LogP contribution in [0, 0.1) is 0 Å². The van der Waals surface area contributed by atoms with Gasteiger partial charge in [-0.25, -0.2) is 0 Å². The van der Waals surface area contributed by atoms with Gasteiger partial charge in [-0.15, -0.1) is 0 Å². The molecule has 0 radical (unpaired) electrons. The Labute approximate surface area is 112 Å². The lowest BCUT2D eigenvalue weighted by atomic mass is 10.1. The van der Waals surface area contributed by atoms with Gasteiger partial charge in [-0.3, -0.25) is 9.59 Å². The van der Waals surface area contributed by atoms with Crippen molar-refractivity contribution in [3.8, 4) is 0 Å². The summed E-state index contributed by atoms with van der Waals surface area (Å²) in [4.78, 5) is 22.7. The highest BCUT2D eigenvalue weighted by atomic mass is 35.5. The van der Waals surface area contributed by atoms with Crippen molar-refractivity contribution >= 4 is 46.2 Å². The molecule has 1 amide bonds. The number of benzene rings is 1. The summed E-state index contributed by atoms with van der Waals surface area (Å²) < 4.78 is 5.25. The average Bonchev–Trinajstić information content (AvgIpc) is 2.29. The second-order valence-corrected chi connectivity index (χ2v) is 4.36. The first-order valence-corrected chi connectivity index (χ1v) is 5.62. The molecule has 18 heavy (non-hydrogen) atoms. The third kappa shape index (κ3) is 2.39. The van der Waals surface area contributed by atoms with Gasteiger partial charge in [0.2, 0.25) is 5.91 Å². The zero-order valence-electron chi connectivity index (χ0n) is 8.94. The molecule has 0 spiro atoms. The number of amides is 1. The van der Waals surface area contributed by atoms with Gasteiger partial charge in [-0.2, -0.15) is 0 Å². The molecule has 0 saturated carbocycles. The van der Waals surface area contributed by atoms with Gasteiger partial charge in [0.25, 0.3) is 0 Å². The van der Waals surface area contributed by atoms with E-state index >= 15 is 0 Å². The Morgan fingerprint density at radius 3 is 2.72 bits per heavy atom. The van der Waals surface area contributed by atoms with Gasteiger partial charge in [-0.1, -0.05) is 23.2 Å². The fourth-order valence-corrected chi connectivity index (χ4v) is 2.01. The Hall–Kier alpha value is -1.78. The van der Waals surface area contributed by atoms with E-state index in [0.717, 1.165) is 6.08 Å². The van der Waals surface area contributed by atoms with Crippen LogP contribution >= 0.6 is 23.2 Å². The van der Waals surface area contributed by atoms with Crippen LogP contribution in [0.15, 0.2) is 33.7 Å². The molecule has 0 aliphatic rings. The largest absolute Gasteiger partial charge is 0.462 e. The van der Waals surface area contributed by atoms with E-state index < -0.39 is 5.91 Å². The molecule has 2 aromatic rings. The molecule has 1 heterocycles. The summed E-state index contributed by atoms with van der Waals surface area (Å²) in [5, 5.41) is 0.829. The minimum absolute atomic E-state index is 0.194. The second-order valence-electron chi connectivity index (χ2n) is 3.52. The Balaban J connectivity index is 2.71. The molecule has 0 aliphatic heterocycles. The van der Waals surface area contributed by atoms with E-state index in [1.165, 1.54) is 24.5 Å². The van der Waals surface area contributed by atoms with Gasteiger partial charge < -0.3 is 10.2 Å². The van der Waals surface area contributed by atoms with E-state index in [9.17, 15) is 9.59 Å². The first kappa shape index (κ1) is 12.7. The smallest absolute Gasteiger partial charge is 0.241 e. The fourth-order valence-electron chi connectivity index (χ4n) is 1.47. The van der Waals surface area contributed by atoms with Crippen LogP contribution in [0.4, 0.5) is 0 Å². The monoisotopic (exact) mass is 283 g/mol. The van der Waals surface area contributed by atoms with Gasteiger partial charge in [-0.05, 0) is 18.2 Å². The zero-order valence-corrected chi connectivity index (χ0v) is 10.5.